The Morgan fingerprint density at radius 1 is 1.11 bits per heavy atom. The van der Waals surface area contributed by atoms with E-state index in [-0.39, 0.29) is 5.97 Å². The molecule has 0 aliphatic heterocycles. The third kappa shape index (κ3) is 6.66. The van der Waals surface area contributed by atoms with Crippen LogP contribution in [-0.2, 0) is 11.3 Å². The van der Waals surface area contributed by atoms with Crippen molar-refractivity contribution in [2.45, 2.75) is 13.5 Å². The van der Waals surface area contributed by atoms with Crippen molar-refractivity contribution >= 4 is 23.8 Å². The Bertz CT molecular complexity index is 841. The number of hydrogen-bond donors (Lipinski definition) is 2. The van der Waals surface area contributed by atoms with Crippen LogP contribution in [0.5, 0.6) is 5.75 Å². The largest absolute Gasteiger partial charge is 0.489 e. The summed E-state index contributed by atoms with van der Waals surface area (Å²) in [6.45, 7) is 2.14. The van der Waals surface area contributed by atoms with Gasteiger partial charge in [-0.1, -0.05) is 30.3 Å². The molecular formula is C20H21N3O4. The number of hydrogen-bond acceptors (Lipinski definition) is 5. The standard InChI is InChI=1S/C20H21N3O4/c1-14(22-23-20(21)25)3-4-15-7-11-18(12-8-15)27-13-16-5-9-17(10-6-16)19(24)26-2/h3-12H,13H2,1-2H3,(H3,21,23,25)/b4-3+,22-14-. The van der Waals surface area contributed by atoms with Gasteiger partial charge >= 0.3 is 12.0 Å². The van der Waals surface area contributed by atoms with E-state index in [1.165, 1.54) is 7.11 Å². The molecule has 27 heavy (non-hydrogen) atoms. The quantitative estimate of drug-likeness (QED) is 0.446. The van der Waals surface area contributed by atoms with Gasteiger partial charge in [0.2, 0.25) is 0 Å². The zero-order valence-electron chi connectivity index (χ0n) is 15.1. The van der Waals surface area contributed by atoms with Crippen LogP contribution in [0.25, 0.3) is 6.08 Å². The summed E-state index contributed by atoms with van der Waals surface area (Å²) in [4.78, 5) is 22.0. The first-order valence-electron chi connectivity index (χ1n) is 8.16. The van der Waals surface area contributed by atoms with E-state index in [1.54, 1.807) is 25.1 Å². The molecule has 7 nitrogen and oxygen atoms in total. The van der Waals surface area contributed by atoms with Gasteiger partial charge in [-0.2, -0.15) is 5.10 Å². The second-order valence-corrected chi connectivity index (χ2v) is 5.61. The molecule has 0 atom stereocenters. The predicted octanol–water partition coefficient (Wildman–Crippen LogP) is 3.11. The van der Waals surface area contributed by atoms with Crippen LogP contribution in [0.15, 0.2) is 59.7 Å². The lowest BCUT2D eigenvalue weighted by atomic mass is 10.1. The summed E-state index contributed by atoms with van der Waals surface area (Å²) < 4.78 is 10.4. The number of amides is 2. The molecule has 2 aromatic rings. The van der Waals surface area contributed by atoms with Crippen molar-refractivity contribution in [2.75, 3.05) is 7.11 Å². The number of ether oxygens (including phenoxy) is 2. The highest BCUT2D eigenvalue weighted by atomic mass is 16.5. The van der Waals surface area contributed by atoms with Gasteiger partial charge in [-0.3, -0.25) is 0 Å². The van der Waals surface area contributed by atoms with E-state index < -0.39 is 6.03 Å². The molecule has 0 aromatic heterocycles. The molecule has 3 N–H and O–H groups in total. The Labute approximate surface area is 157 Å². The molecule has 0 unspecified atom stereocenters. The van der Waals surface area contributed by atoms with Crippen molar-refractivity contribution in [3.63, 3.8) is 0 Å². The van der Waals surface area contributed by atoms with Gasteiger partial charge in [0, 0.05) is 0 Å². The number of esters is 1. The maximum atomic E-state index is 11.4. The fraction of sp³-hybridized carbons (Fsp3) is 0.150. The number of carbonyl (C=O) groups excluding carboxylic acids is 2. The number of allylic oxidation sites excluding steroid dienone is 1. The van der Waals surface area contributed by atoms with Crippen molar-refractivity contribution in [3.8, 4) is 5.75 Å². The van der Waals surface area contributed by atoms with Crippen LogP contribution >= 0.6 is 0 Å². The monoisotopic (exact) mass is 367 g/mol. The molecule has 0 radical (unpaired) electrons. The van der Waals surface area contributed by atoms with Gasteiger partial charge in [0.15, 0.2) is 0 Å². The summed E-state index contributed by atoms with van der Waals surface area (Å²) in [6, 6.07) is 13.9. The number of hydrazone groups is 1. The highest BCUT2D eigenvalue weighted by Crippen LogP contribution is 2.15. The number of carbonyl (C=O) groups is 2. The number of nitrogens with zero attached hydrogens (tertiary/aromatic N) is 1. The second-order valence-electron chi connectivity index (χ2n) is 5.61. The summed E-state index contributed by atoms with van der Waals surface area (Å²) in [5, 5.41) is 3.79. The average Bonchev–Trinajstić information content (AvgIpc) is 2.69. The van der Waals surface area contributed by atoms with Crippen LogP contribution in [0.3, 0.4) is 0 Å². The number of primary amides is 1. The lowest BCUT2D eigenvalue weighted by molar-refractivity contribution is 0.0600. The third-order valence-corrected chi connectivity index (χ3v) is 3.52. The van der Waals surface area contributed by atoms with Crippen LogP contribution < -0.4 is 15.9 Å². The Hall–Kier alpha value is -3.61. The zero-order chi connectivity index (χ0) is 19.6. The van der Waals surface area contributed by atoms with E-state index in [0.717, 1.165) is 16.9 Å². The van der Waals surface area contributed by atoms with Crippen LogP contribution in [0.1, 0.15) is 28.4 Å². The molecule has 2 aromatic carbocycles. The Kier molecular flexibility index (Phi) is 7.13. The van der Waals surface area contributed by atoms with Gasteiger partial charge in [0.25, 0.3) is 0 Å². The summed E-state index contributed by atoms with van der Waals surface area (Å²) >= 11 is 0. The topological polar surface area (TPSA) is 103 Å². The molecule has 140 valence electrons. The van der Waals surface area contributed by atoms with E-state index >= 15 is 0 Å². The molecule has 0 bridgehead atoms. The van der Waals surface area contributed by atoms with Gasteiger partial charge in [-0.25, -0.2) is 15.0 Å². The Morgan fingerprint density at radius 2 is 1.78 bits per heavy atom. The molecular weight excluding hydrogens is 346 g/mol. The minimum Gasteiger partial charge on any atom is -0.489 e. The summed E-state index contributed by atoms with van der Waals surface area (Å²) in [6.07, 6.45) is 3.62. The molecule has 2 amide bonds. The van der Waals surface area contributed by atoms with Crippen molar-refractivity contribution < 1.29 is 19.1 Å². The average molecular weight is 367 g/mol. The van der Waals surface area contributed by atoms with Crippen LogP contribution in [-0.4, -0.2) is 24.8 Å². The van der Waals surface area contributed by atoms with E-state index in [4.69, 9.17) is 10.5 Å². The number of nitrogens with one attached hydrogen (secondary N) is 1. The molecule has 0 fully saturated rings. The maximum absolute atomic E-state index is 11.4. The first-order valence-corrected chi connectivity index (χ1v) is 8.16. The van der Waals surface area contributed by atoms with E-state index in [0.29, 0.717) is 17.9 Å². The van der Waals surface area contributed by atoms with E-state index in [1.807, 2.05) is 42.5 Å². The lowest BCUT2D eigenvalue weighted by Crippen LogP contribution is -2.25. The van der Waals surface area contributed by atoms with Gasteiger partial charge < -0.3 is 15.2 Å². The fourth-order valence-corrected chi connectivity index (χ4v) is 2.09. The molecule has 0 saturated heterocycles. The maximum Gasteiger partial charge on any atom is 0.337 e. The summed E-state index contributed by atoms with van der Waals surface area (Å²) in [7, 11) is 1.35. The number of benzene rings is 2. The zero-order valence-corrected chi connectivity index (χ0v) is 15.1. The molecule has 0 aliphatic rings. The fourth-order valence-electron chi connectivity index (χ4n) is 2.09. The number of methoxy groups -OCH3 is 1. The smallest absolute Gasteiger partial charge is 0.337 e. The predicted molar refractivity (Wildman–Crippen MR) is 103 cm³/mol. The normalized spacial score (nSPS) is 11.3. The number of rotatable bonds is 7. The van der Waals surface area contributed by atoms with Crippen molar-refractivity contribution in [3.05, 3.63) is 71.3 Å². The van der Waals surface area contributed by atoms with Crippen molar-refractivity contribution in [1.29, 1.82) is 0 Å². The summed E-state index contributed by atoms with van der Waals surface area (Å²) in [5.41, 5.74) is 10.1. The molecule has 2 rings (SSSR count). The van der Waals surface area contributed by atoms with Gasteiger partial charge in [-0.15, -0.1) is 0 Å². The first kappa shape index (κ1) is 19.7. The first-order chi connectivity index (χ1) is 13.0. The molecule has 7 heteroatoms. The number of nitrogens with two attached hydrogens (primary N) is 1. The third-order valence-electron chi connectivity index (χ3n) is 3.52. The highest BCUT2D eigenvalue weighted by molar-refractivity contribution is 5.96. The van der Waals surface area contributed by atoms with Gasteiger partial charge in [0.05, 0.1) is 18.4 Å². The molecule has 0 spiro atoms. The van der Waals surface area contributed by atoms with E-state index in [2.05, 4.69) is 15.3 Å². The van der Waals surface area contributed by atoms with Crippen LogP contribution in [0, 0.1) is 0 Å². The van der Waals surface area contributed by atoms with Crippen molar-refractivity contribution in [2.24, 2.45) is 10.8 Å². The highest BCUT2D eigenvalue weighted by Gasteiger charge is 2.04. The van der Waals surface area contributed by atoms with Gasteiger partial charge in [-0.05, 0) is 48.4 Å². The summed E-state index contributed by atoms with van der Waals surface area (Å²) in [5.74, 6) is 0.363. The molecule has 0 heterocycles. The SMILES string of the molecule is COC(=O)c1ccc(COc2ccc(/C=C/C(C)=N\NC(N)=O)cc2)cc1. The number of urea groups is 1. The minimum atomic E-state index is -0.704. The molecule has 0 aliphatic carbocycles. The van der Waals surface area contributed by atoms with Crippen LogP contribution in [0.2, 0.25) is 0 Å². The van der Waals surface area contributed by atoms with E-state index in [9.17, 15) is 9.59 Å². The Balaban J connectivity index is 1.89. The Morgan fingerprint density at radius 3 is 2.37 bits per heavy atom. The van der Waals surface area contributed by atoms with Crippen LogP contribution in [0.4, 0.5) is 4.79 Å². The minimum absolute atomic E-state index is 0.364. The molecule has 0 saturated carbocycles. The lowest BCUT2D eigenvalue weighted by Gasteiger charge is -2.07. The van der Waals surface area contributed by atoms with Gasteiger partial charge in [0.1, 0.15) is 12.4 Å². The van der Waals surface area contributed by atoms with Crippen molar-refractivity contribution in [1.82, 2.24) is 5.43 Å². The second kappa shape index (κ2) is 9.76.